The second-order valence-electron chi connectivity index (χ2n) is 3.49. The van der Waals surface area contributed by atoms with Crippen molar-refractivity contribution in [2.75, 3.05) is 18.6 Å². The first kappa shape index (κ1) is 10.4. The molecular weight excluding hydrogens is 200 g/mol. The molecule has 1 radical (unpaired) electrons. The number of methoxy groups -OCH3 is 1. The Bertz CT molecular complexity index is 509. The van der Waals surface area contributed by atoms with Crippen molar-refractivity contribution in [2.24, 2.45) is 0 Å². The lowest BCUT2D eigenvalue weighted by molar-refractivity contribution is 0.415. The van der Waals surface area contributed by atoms with E-state index in [9.17, 15) is 0 Å². The fourth-order valence-corrected chi connectivity index (χ4v) is 1.58. The monoisotopic (exact) mass is 213 g/mol. The molecule has 0 saturated carbocycles. The number of anilines is 2. The predicted molar refractivity (Wildman–Crippen MR) is 66.1 cm³/mol. The van der Waals surface area contributed by atoms with Gasteiger partial charge in [-0.25, -0.2) is 0 Å². The summed E-state index contributed by atoms with van der Waals surface area (Å²) in [5, 5.41) is 0. The highest BCUT2D eigenvalue weighted by molar-refractivity contribution is 5.78. The Labute approximate surface area is 94.6 Å². The summed E-state index contributed by atoms with van der Waals surface area (Å²) in [6, 6.07) is 14.0. The Morgan fingerprint density at radius 1 is 1.12 bits per heavy atom. The minimum absolute atomic E-state index is 0.604. The zero-order valence-electron chi connectivity index (χ0n) is 9.03. The molecule has 4 N–H and O–H groups in total. The van der Waals surface area contributed by atoms with Crippen LogP contribution in [-0.4, -0.2) is 7.11 Å². The fourth-order valence-electron chi connectivity index (χ4n) is 1.58. The van der Waals surface area contributed by atoms with Crippen LogP contribution in [0.1, 0.15) is 0 Å². The third-order valence-electron chi connectivity index (χ3n) is 2.39. The molecule has 2 rings (SSSR count). The van der Waals surface area contributed by atoms with Gasteiger partial charge in [-0.05, 0) is 23.8 Å². The van der Waals surface area contributed by atoms with Gasteiger partial charge in [0, 0.05) is 29.1 Å². The second-order valence-corrected chi connectivity index (χ2v) is 3.49. The van der Waals surface area contributed by atoms with Crippen LogP contribution >= 0.6 is 0 Å². The molecule has 0 bridgehead atoms. The summed E-state index contributed by atoms with van der Waals surface area (Å²) in [6.45, 7) is 0. The lowest BCUT2D eigenvalue weighted by atomic mass is 10.0. The number of hydrogen-bond acceptors (Lipinski definition) is 3. The van der Waals surface area contributed by atoms with Crippen molar-refractivity contribution in [1.29, 1.82) is 0 Å². The molecule has 0 aliphatic heterocycles. The molecule has 0 aliphatic carbocycles. The van der Waals surface area contributed by atoms with Gasteiger partial charge in [0.1, 0.15) is 5.75 Å². The highest BCUT2D eigenvalue weighted by atomic mass is 16.5. The van der Waals surface area contributed by atoms with E-state index in [1.807, 2.05) is 24.3 Å². The van der Waals surface area contributed by atoms with Gasteiger partial charge < -0.3 is 16.2 Å². The Kier molecular flexibility index (Phi) is 2.68. The van der Waals surface area contributed by atoms with E-state index >= 15 is 0 Å². The first-order valence-electron chi connectivity index (χ1n) is 4.92. The van der Waals surface area contributed by atoms with E-state index < -0.39 is 0 Å². The van der Waals surface area contributed by atoms with Crippen molar-refractivity contribution >= 4 is 11.4 Å². The molecule has 0 atom stereocenters. The SMILES string of the molecule is COc1ccc(-c2cc[c]c(N)c2)c(N)c1. The molecule has 0 aliphatic rings. The van der Waals surface area contributed by atoms with E-state index in [-0.39, 0.29) is 0 Å². The van der Waals surface area contributed by atoms with Crippen molar-refractivity contribution in [3.05, 3.63) is 42.5 Å². The van der Waals surface area contributed by atoms with Gasteiger partial charge in [-0.3, -0.25) is 0 Å². The molecule has 0 amide bonds. The standard InChI is InChI=1S/C13H13N2O/c1-16-11-5-6-12(13(15)8-11)9-3-2-4-10(14)7-9/h2-3,5-8H,14-15H2,1H3. The van der Waals surface area contributed by atoms with Crippen LogP contribution in [0.5, 0.6) is 5.75 Å². The molecule has 81 valence electrons. The van der Waals surface area contributed by atoms with Crippen molar-refractivity contribution in [3.8, 4) is 16.9 Å². The van der Waals surface area contributed by atoms with Gasteiger partial charge in [0.25, 0.3) is 0 Å². The summed E-state index contributed by atoms with van der Waals surface area (Å²) < 4.78 is 5.10. The van der Waals surface area contributed by atoms with Crippen molar-refractivity contribution < 1.29 is 4.74 Å². The van der Waals surface area contributed by atoms with Gasteiger partial charge in [0.05, 0.1) is 7.11 Å². The van der Waals surface area contributed by atoms with Gasteiger partial charge in [-0.1, -0.05) is 12.1 Å². The summed E-state index contributed by atoms with van der Waals surface area (Å²) in [6.07, 6.45) is 0. The third kappa shape index (κ3) is 1.93. The topological polar surface area (TPSA) is 61.3 Å². The lowest BCUT2D eigenvalue weighted by Gasteiger charge is -2.08. The van der Waals surface area contributed by atoms with Crippen LogP contribution in [0.15, 0.2) is 36.4 Å². The van der Waals surface area contributed by atoms with Gasteiger partial charge in [-0.15, -0.1) is 0 Å². The minimum Gasteiger partial charge on any atom is -0.497 e. The maximum absolute atomic E-state index is 5.95. The molecule has 0 spiro atoms. The van der Waals surface area contributed by atoms with Crippen LogP contribution in [0, 0.1) is 6.07 Å². The highest BCUT2D eigenvalue weighted by Gasteiger charge is 2.04. The molecule has 3 nitrogen and oxygen atoms in total. The normalized spacial score (nSPS) is 10.1. The first-order chi connectivity index (χ1) is 7.70. The van der Waals surface area contributed by atoms with E-state index in [4.69, 9.17) is 16.2 Å². The minimum atomic E-state index is 0.604. The van der Waals surface area contributed by atoms with E-state index in [0.717, 1.165) is 16.9 Å². The zero-order chi connectivity index (χ0) is 11.5. The van der Waals surface area contributed by atoms with Crippen LogP contribution in [0.25, 0.3) is 11.1 Å². The molecule has 16 heavy (non-hydrogen) atoms. The highest BCUT2D eigenvalue weighted by Crippen LogP contribution is 2.29. The fraction of sp³-hybridized carbons (Fsp3) is 0.0769. The largest absolute Gasteiger partial charge is 0.497 e. The molecule has 0 unspecified atom stereocenters. The summed E-state index contributed by atoms with van der Waals surface area (Å²) in [4.78, 5) is 0. The van der Waals surface area contributed by atoms with Gasteiger partial charge in [0.15, 0.2) is 0 Å². The lowest BCUT2D eigenvalue weighted by Crippen LogP contribution is -1.93. The molecule has 0 heterocycles. The van der Waals surface area contributed by atoms with E-state index in [1.54, 1.807) is 19.2 Å². The number of nitrogen functional groups attached to an aromatic ring is 2. The first-order valence-corrected chi connectivity index (χ1v) is 4.92. The van der Waals surface area contributed by atoms with Crippen LogP contribution < -0.4 is 16.2 Å². The number of nitrogens with two attached hydrogens (primary N) is 2. The summed E-state index contributed by atoms with van der Waals surface area (Å²) in [5.74, 6) is 0.747. The van der Waals surface area contributed by atoms with Crippen LogP contribution in [0.4, 0.5) is 11.4 Å². The van der Waals surface area contributed by atoms with Gasteiger partial charge in [-0.2, -0.15) is 0 Å². The van der Waals surface area contributed by atoms with Gasteiger partial charge >= 0.3 is 0 Å². The quantitative estimate of drug-likeness (QED) is 0.752. The Balaban J connectivity index is 2.48. The third-order valence-corrected chi connectivity index (χ3v) is 2.39. The maximum atomic E-state index is 5.95. The molecular formula is C13H13N2O. The smallest absolute Gasteiger partial charge is 0.120 e. The molecule has 0 aromatic heterocycles. The summed E-state index contributed by atoms with van der Waals surface area (Å²) in [5.41, 5.74) is 14.8. The predicted octanol–water partition coefficient (Wildman–Crippen LogP) is 2.33. The van der Waals surface area contributed by atoms with Crippen molar-refractivity contribution in [1.82, 2.24) is 0 Å². The number of benzene rings is 2. The molecule has 3 heteroatoms. The number of ether oxygens (including phenoxy) is 1. The number of hydrogen-bond donors (Lipinski definition) is 2. The molecule has 0 saturated heterocycles. The van der Waals surface area contributed by atoms with E-state index in [1.165, 1.54) is 0 Å². The van der Waals surface area contributed by atoms with E-state index in [2.05, 4.69) is 6.07 Å². The molecule has 2 aromatic rings. The van der Waals surface area contributed by atoms with Crippen LogP contribution in [0.3, 0.4) is 0 Å². The average Bonchev–Trinajstić information content (AvgIpc) is 2.28. The summed E-state index contributed by atoms with van der Waals surface area (Å²) in [7, 11) is 1.61. The van der Waals surface area contributed by atoms with Gasteiger partial charge in [0.2, 0.25) is 0 Å². The number of rotatable bonds is 2. The van der Waals surface area contributed by atoms with Crippen LogP contribution in [0.2, 0.25) is 0 Å². The second kappa shape index (κ2) is 4.14. The molecule has 2 aromatic carbocycles. The van der Waals surface area contributed by atoms with Crippen LogP contribution in [-0.2, 0) is 0 Å². The maximum Gasteiger partial charge on any atom is 0.120 e. The van der Waals surface area contributed by atoms with Crippen molar-refractivity contribution in [2.45, 2.75) is 0 Å². The van der Waals surface area contributed by atoms with E-state index in [0.29, 0.717) is 11.4 Å². The zero-order valence-corrected chi connectivity index (χ0v) is 9.03. The Morgan fingerprint density at radius 3 is 2.56 bits per heavy atom. The van der Waals surface area contributed by atoms with Crippen molar-refractivity contribution in [3.63, 3.8) is 0 Å². The Hall–Kier alpha value is -2.16. The average molecular weight is 213 g/mol. The Morgan fingerprint density at radius 2 is 1.94 bits per heavy atom. The summed E-state index contributed by atoms with van der Waals surface area (Å²) >= 11 is 0. The molecule has 0 fully saturated rings.